The van der Waals surface area contributed by atoms with Crippen LogP contribution in [0.2, 0.25) is 0 Å². The lowest BCUT2D eigenvalue weighted by Crippen LogP contribution is -2.60. The van der Waals surface area contributed by atoms with Crippen molar-refractivity contribution in [1.29, 1.82) is 0 Å². The predicted molar refractivity (Wildman–Crippen MR) is 179 cm³/mol. The van der Waals surface area contributed by atoms with Gasteiger partial charge in [-0.15, -0.1) is 10.2 Å². The number of tetrazole rings is 1. The second-order valence-corrected chi connectivity index (χ2v) is 17.1. The van der Waals surface area contributed by atoms with Crippen molar-refractivity contribution < 1.29 is 45.9 Å². The van der Waals surface area contributed by atoms with Crippen molar-refractivity contribution in [2.24, 2.45) is 11.3 Å². The summed E-state index contributed by atoms with van der Waals surface area (Å²) in [4.78, 5) is 57.3. The number of carbonyl (C=O) groups excluding carboxylic acids is 4. The van der Waals surface area contributed by atoms with E-state index >= 15 is 0 Å². The molecule has 4 fully saturated rings. The predicted octanol–water partition coefficient (Wildman–Crippen LogP) is 2.32. The smallest absolute Gasteiger partial charge is 0.408 e. The van der Waals surface area contributed by atoms with Crippen molar-refractivity contribution in [2.45, 2.75) is 114 Å². The Morgan fingerprint density at radius 2 is 1.71 bits per heavy atom. The maximum absolute atomic E-state index is 14.4. The average molecular weight is 751 g/mol. The van der Waals surface area contributed by atoms with Crippen molar-refractivity contribution >= 4 is 33.8 Å². The maximum atomic E-state index is 14.4. The molecule has 1 saturated heterocycles. The van der Waals surface area contributed by atoms with E-state index < -0.39 is 86.9 Å². The third kappa shape index (κ3) is 7.83. The number of likely N-dealkylation sites (tertiary alicyclic amines) is 1. The molecule has 52 heavy (non-hydrogen) atoms. The number of halogens is 2. The monoisotopic (exact) mass is 750 g/mol. The van der Waals surface area contributed by atoms with Crippen LogP contribution in [0.25, 0.3) is 11.4 Å². The van der Waals surface area contributed by atoms with E-state index in [1.54, 1.807) is 45.0 Å². The number of hydrogen-bond acceptors (Lipinski definition) is 11. The summed E-state index contributed by atoms with van der Waals surface area (Å²) in [5.41, 5.74) is -2.47. The zero-order valence-corrected chi connectivity index (χ0v) is 30.2. The van der Waals surface area contributed by atoms with Crippen LogP contribution >= 0.6 is 0 Å². The molecular formula is C33H44F2N8O8S. The number of aromatic nitrogens is 4. The molecule has 0 unspecified atom stereocenters. The lowest BCUT2D eigenvalue weighted by molar-refractivity contribution is -0.143. The summed E-state index contributed by atoms with van der Waals surface area (Å²) in [6.07, 6.45) is -0.821. The van der Waals surface area contributed by atoms with E-state index in [1.165, 1.54) is 16.8 Å². The van der Waals surface area contributed by atoms with Crippen LogP contribution in [-0.4, -0.2) is 106 Å². The van der Waals surface area contributed by atoms with Crippen molar-refractivity contribution in [3.05, 3.63) is 24.3 Å². The molecular weight excluding hydrogens is 706 g/mol. The van der Waals surface area contributed by atoms with Gasteiger partial charge in [-0.3, -0.25) is 19.1 Å². The number of rotatable bonds is 12. The molecule has 4 aliphatic rings. The van der Waals surface area contributed by atoms with Gasteiger partial charge in [0, 0.05) is 18.5 Å². The number of nitrogens with one attached hydrogen (secondary N) is 3. The molecule has 2 aromatic rings. The van der Waals surface area contributed by atoms with Gasteiger partial charge < -0.3 is 25.0 Å². The summed E-state index contributed by atoms with van der Waals surface area (Å²) in [5.74, 6) is -3.64. The van der Waals surface area contributed by atoms with Gasteiger partial charge in [0.05, 0.1) is 24.3 Å². The molecule has 16 nitrogen and oxygen atoms in total. The topological polar surface area (TPSA) is 204 Å². The van der Waals surface area contributed by atoms with Crippen LogP contribution in [0.4, 0.5) is 13.6 Å². The minimum absolute atomic E-state index is 0.114. The molecule has 19 heteroatoms. The Kier molecular flexibility index (Phi) is 10.2. The normalized spacial score (nSPS) is 25.4. The van der Waals surface area contributed by atoms with E-state index in [1.807, 2.05) is 4.72 Å². The van der Waals surface area contributed by atoms with Crippen LogP contribution in [-0.2, 0) is 29.1 Å². The van der Waals surface area contributed by atoms with Crippen molar-refractivity contribution in [1.82, 2.24) is 40.5 Å². The van der Waals surface area contributed by atoms with Crippen LogP contribution < -0.4 is 20.1 Å². The van der Waals surface area contributed by atoms with E-state index in [2.05, 4.69) is 26.0 Å². The van der Waals surface area contributed by atoms with Crippen molar-refractivity contribution in [3.63, 3.8) is 0 Å². The van der Waals surface area contributed by atoms with Crippen LogP contribution in [0.15, 0.2) is 24.3 Å². The van der Waals surface area contributed by atoms with Gasteiger partial charge in [-0.1, -0.05) is 20.8 Å². The van der Waals surface area contributed by atoms with Crippen LogP contribution in [0.5, 0.6) is 5.75 Å². The fourth-order valence-electron chi connectivity index (χ4n) is 6.87. The number of nitrogens with zero attached hydrogens (tertiary/aromatic N) is 5. The molecule has 0 radical (unpaired) electrons. The first-order chi connectivity index (χ1) is 24.5. The third-order valence-electron chi connectivity index (χ3n) is 10.2. The Bertz CT molecular complexity index is 1790. The SMILES string of the molecule is COc1ccc(-c2nnn([C@@H]3C[C@@H](C(=O)N[C@]4(C(=O)NS(=O)(=O)C5CC5)C[C@H]4C(F)F)N(C(=O)[C@@H](NC(=O)OC4CCCC4)C(C)(C)C)C3)n2)cc1. The summed E-state index contributed by atoms with van der Waals surface area (Å²) < 4.78 is 65.9. The first kappa shape index (κ1) is 37.3. The molecule has 4 amide bonds. The molecule has 3 saturated carbocycles. The van der Waals surface area contributed by atoms with Gasteiger partial charge in [-0.05, 0) is 79.8 Å². The summed E-state index contributed by atoms with van der Waals surface area (Å²) in [7, 11) is -2.59. The van der Waals surface area contributed by atoms with Crippen LogP contribution in [0.3, 0.4) is 0 Å². The highest BCUT2D eigenvalue weighted by molar-refractivity contribution is 7.91. The average Bonchev–Trinajstić information content (AvgIpc) is 3.87. The van der Waals surface area contributed by atoms with Gasteiger partial charge in [-0.2, -0.15) is 4.80 Å². The molecule has 1 aromatic heterocycles. The van der Waals surface area contributed by atoms with Gasteiger partial charge in [-0.25, -0.2) is 22.0 Å². The fraction of sp³-hybridized carbons (Fsp3) is 0.667. The molecule has 3 aliphatic carbocycles. The summed E-state index contributed by atoms with van der Waals surface area (Å²) >= 11 is 0. The first-order valence-corrected chi connectivity index (χ1v) is 18.9. The van der Waals surface area contributed by atoms with E-state index in [4.69, 9.17) is 9.47 Å². The number of carbonyl (C=O) groups is 4. The Labute approximate surface area is 299 Å². The van der Waals surface area contributed by atoms with Gasteiger partial charge in [0.15, 0.2) is 0 Å². The number of methoxy groups -OCH3 is 1. The van der Waals surface area contributed by atoms with Crippen LogP contribution in [0, 0.1) is 11.3 Å². The van der Waals surface area contributed by atoms with E-state index in [0.29, 0.717) is 37.0 Å². The highest BCUT2D eigenvalue weighted by Gasteiger charge is 2.67. The number of hydrogen-bond donors (Lipinski definition) is 3. The second-order valence-electron chi connectivity index (χ2n) is 15.1. The van der Waals surface area contributed by atoms with Gasteiger partial charge >= 0.3 is 6.09 Å². The van der Waals surface area contributed by atoms with Gasteiger partial charge in [0.2, 0.25) is 34.1 Å². The maximum Gasteiger partial charge on any atom is 0.408 e. The first-order valence-electron chi connectivity index (χ1n) is 17.4. The number of alkyl carbamates (subject to hydrolysis) is 1. The third-order valence-corrected chi connectivity index (χ3v) is 12.0. The summed E-state index contributed by atoms with van der Waals surface area (Å²) in [5, 5.41) is 17.1. The molecule has 0 bridgehead atoms. The number of sulfonamides is 1. The van der Waals surface area contributed by atoms with Gasteiger partial charge in [0.25, 0.3) is 5.91 Å². The molecule has 1 aromatic carbocycles. The second kappa shape index (κ2) is 14.2. The molecule has 0 spiro atoms. The lowest BCUT2D eigenvalue weighted by Gasteiger charge is -2.35. The molecule has 2 heterocycles. The zero-order valence-electron chi connectivity index (χ0n) is 29.4. The highest BCUT2D eigenvalue weighted by atomic mass is 32.2. The summed E-state index contributed by atoms with van der Waals surface area (Å²) in [6, 6.07) is 3.61. The number of benzene rings is 1. The highest BCUT2D eigenvalue weighted by Crippen LogP contribution is 2.48. The Morgan fingerprint density at radius 1 is 1.04 bits per heavy atom. The fourth-order valence-corrected chi connectivity index (χ4v) is 8.24. The molecule has 284 valence electrons. The van der Waals surface area contributed by atoms with Gasteiger partial charge in [0.1, 0.15) is 29.5 Å². The molecule has 5 atom stereocenters. The van der Waals surface area contributed by atoms with Crippen LogP contribution in [0.1, 0.15) is 78.2 Å². The minimum Gasteiger partial charge on any atom is -0.497 e. The van der Waals surface area contributed by atoms with Crippen molar-refractivity contribution in [3.8, 4) is 17.1 Å². The number of amides is 4. The lowest BCUT2D eigenvalue weighted by atomic mass is 9.85. The number of alkyl halides is 2. The Hall–Kier alpha value is -4.42. The summed E-state index contributed by atoms with van der Waals surface area (Å²) in [6.45, 7) is 5.04. The zero-order chi connectivity index (χ0) is 37.6. The molecule has 3 N–H and O–H groups in total. The Morgan fingerprint density at radius 3 is 2.29 bits per heavy atom. The standard InChI is InChI=1S/C33H44F2N8O8S/c1-32(2,3)25(36-31(47)51-21-7-5-6-8-21)29(45)42-17-19(43-39-27(38-41-43)18-9-11-20(50-4)12-10-18)15-24(42)28(44)37-33(16-23(33)26(34)35)30(46)40-52(48,49)22-13-14-22/h9-12,19,21-26H,5-8,13-17H2,1-4H3,(H,36,47)(H,37,44)(H,40,46)/t19-,23+,24+,25-,33-/m1/s1. The van der Waals surface area contributed by atoms with Crippen molar-refractivity contribution in [2.75, 3.05) is 13.7 Å². The Balaban J connectivity index is 1.27. The van der Waals surface area contributed by atoms with E-state index in [9.17, 15) is 36.4 Å². The quantitative estimate of drug-likeness (QED) is 0.287. The largest absolute Gasteiger partial charge is 0.497 e. The van der Waals surface area contributed by atoms with E-state index in [-0.39, 0.29) is 24.9 Å². The minimum atomic E-state index is -4.12. The number of ether oxygens (including phenoxy) is 2. The van der Waals surface area contributed by atoms with E-state index in [0.717, 1.165) is 12.8 Å². The molecule has 1 aliphatic heterocycles. The molecule has 6 rings (SSSR count).